The monoisotopic (exact) mass is 220 g/mol. The SMILES string of the molecule is Cl.NCC(=O)Nc1cccc(Cl)c1. The van der Waals surface area contributed by atoms with E-state index in [4.69, 9.17) is 17.3 Å². The van der Waals surface area contributed by atoms with Gasteiger partial charge in [0.15, 0.2) is 0 Å². The van der Waals surface area contributed by atoms with Crippen LogP contribution in [0, 0.1) is 0 Å². The molecule has 1 aromatic rings. The molecule has 0 aliphatic heterocycles. The fourth-order valence-corrected chi connectivity index (χ4v) is 0.969. The smallest absolute Gasteiger partial charge is 0.238 e. The summed E-state index contributed by atoms with van der Waals surface area (Å²) < 4.78 is 0. The van der Waals surface area contributed by atoms with Crippen LogP contribution in [-0.2, 0) is 4.79 Å². The Hall–Kier alpha value is -0.770. The number of benzene rings is 1. The predicted octanol–water partition coefficient (Wildman–Crippen LogP) is 1.66. The summed E-state index contributed by atoms with van der Waals surface area (Å²) in [6.07, 6.45) is 0. The molecular weight excluding hydrogens is 211 g/mol. The summed E-state index contributed by atoms with van der Waals surface area (Å²) in [5.41, 5.74) is 5.78. The van der Waals surface area contributed by atoms with Gasteiger partial charge in [0.2, 0.25) is 5.91 Å². The molecule has 0 radical (unpaired) electrons. The minimum Gasteiger partial charge on any atom is -0.325 e. The first-order chi connectivity index (χ1) is 5.72. The molecule has 0 fully saturated rings. The zero-order valence-electron chi connectivity index (χ0n) is 6.79. The van der Waals surface area contributed by atoms with E-state index in [-0.39, 0.29) is 24.9 Å². The number of nitrogens with two attached hydrogens (primary N) is 1. The van der Waals surface area contributed by atoms with E-state index in [1.165, 1.54) is 0 Å². The van der Waals surface area contributed by atoms with Gasteiger partial charge in [-0.05, 0) is 18.2 Å². The summed E-state index contributed by atoms with van der Waals surface area (Å²) in [6.45, 7) is -0.0213. The van der Waals surface area contributed by atoms with Crippen LogP contribution in [0.3, 0.4) is 0 Å². The first-order valence-corrected chi connectivity index (χ1v) is 3.85. The van der Waals surface area contributed by atoms with Crippen LogP contribution in [0.15, 0.2) is 24.3 Å². The van der Waals surface area contributed by atoms with Crippen LogP contribution < -0.4 is 11.1 Å². The van der Waals surface area contributed by atoms with Gasteiger partial charge >= 0.3 is 0 Å². The lowest BCUT2D eigenvalue weighted by Gasteiger charge is -2.02. The number of amides is 1. The van der Waals surface area contributed by atoms with Gasteiger partial charge in [-0.1, -0.05) is 17.7 Å². The molecular formula is C8H10Cl2N2O. The molecule has 0 unspecified atom stereocenters. The van der Waals surface area contributed by atoms with Crippen molar-refractivity contribution >= 4 is 35.6 Å². The molecule has 5 heteroatoms. The van der Waals surface area contributed by atoms with Crippen LogP contribution in [0.25, 0.3) is 0 Å². The Labute approximate surface area is 87.7 Å². The minimum atomic E-state index is -0.225. The Bertz CT molecular complexity index is 291. The second-order valence-corrected chi connectivity index (χ2v) is 2.70. The maximum Gasteiger partial charge on any atom is 0.238 e. The number of hydrogen-bond acceptors (Lipinski definition) is 2. The molecule has 3 N–H and O–H groups in total. The zero-order valence-corrected chi connectivity index (χ0v) is 8.36. The van der Waals surface area contributed by atoms with E-state index in [2.05, 4.69) is 5.32 Å². The van der Waals surface area contributed by atoms with E-state index in [1.807, 2.05) is 0 Å². The van der Waals surface area contributed by atoms with Gasteiger partial charge in [0, 0.05) is 10.7 Å². The average Bonchev–Trinajstić information content (AvgIpc) is 2.04. The fraction of sp³-hybridized carbons (Fsp3) is 0.125. The third kappa shape index (κ3) is 4.12. The molecule has 3 nitrogen and oxygen atoms in total. The van der Waals surface area contributed by atoms with Gasteiger partial charge in [0.1, 0.15) is 0 Å². The van der Waals surface area contributed by atoms with Gasteiger partial charge in [0.25, 0.3) is 0 Å². The van der Waals surface area contributed by atoms with Crippen LogP contribution in [0.4, 0.5) is 5.69 Å². The number of halogens is 2. The number of anilines is 1. The van der Waals surface area contributed by atoms with Crippen LogP contribution in [0.2, 0.25) is 5.02 Å². The highest BCUT2D eigenvalue weighted by Gasteiger charge is 1.98. The third-order valence-electron chi connectivity index (χ3n) is 1.29. The van der Waals surface area contributed by atoms with Crippen molar-refractivity contribution in [2.45, 2.75) is 0 Å². The minimum absolute atomic E-state index is 0. The van der Waals surface area contributed by atoms with Gasteiger partial charge in [-0.2, -0.15) is 0 Å². The molecule has 1 rings (SSSR count). The molecule has 0 aliphatic carbocycles. The van der Waals surface area contributed by atoms with E-state index in [0.717, 1.165) is 0 Å². The van der Waals surface area contributed by atoms with Crippen LogP contribution in [-0.4, -0.2) is 12.5 Å². The van der Waals surface area contributed by atoms with Crippen molar-refractivity contribution in [2.24, 2.45) is 5.73 Å². The molecule has 0 aromatic heterocycles. The fourth-order valence-electron chi connectivity index (χ4n) is 0.778. The van der Waals surface area contributed by atoms with Crippen molar-refractivity contribution in [3.05, 3.63) is 29.3 Å². The Morgan fingerprint density at radius 1 is 1.54 bits per heavy atom. The summed E-state index contributed by atoms with van der Waals surface area (Å²) >= 11 is 5.69. The quantitative estimate of drug-likeness (QED) is 0.797. The zero-order chi connectivity index (χ0) is 8.97. The van der Waals surface area contributed by atoms with Crippen molar-refractivity contribution in [1.82, 2.24) is 0 Å². The topological polar surface area (TPSA) is 55.1 Å². The van der Waals surface area contributed by atoms with Gasteiger partial charge in [-0.3, -0.25) is 4.79 Å². The highest BCUT2D eigenvalue weighted by atomic mass is 35.5. The highest BCUT2D eigenvalue weighted by molar-refractivity contribution is 6.30. The molecule has 13 heavy (non-hydrogen) atoms. The van der Waals surface area contributed by atoms with Gasteiger partial charge in [0.05, 0.1) is 6.54 Å². The largest absolute Gasteiger partial charge is 0.325 e. The second-order valence-electron chi connectivity index (χ2n) is 2.26. The maximum absolute atomic E-state index is 10.8. The Morgan fingerprint density at radius 3 is 2.77 bits per heavy atom. The standard InChI is InChI=1S/C8H9ClN2O.ClH/c9-6-2-1-3-7(4-6)11-8(12)5-10;/h1-4H,5,10H2,(H,11,12);1H. The van der Waals surface area contributed by atoms with Crippen molar-refractivity contribution in [2.75, 3.05) is 11.9 Å². The molecule has 0 bridgehead atoms. The molecule has 72 valence electrons. The maximum atomic E-state index is 10.8. The normalized spacial score (nSPS) is 8.77. The van der Waals surface area contributed by atoms with Crippen molar-refractivity contribution in [1.29, 1.82) is 0 Å². The van der Waals surface area contributed by atoms with E-state index < -0.39 is 0 Å². The number of rotatable bonds is 2. The Kier molecular flexibility index (Phi) is 5.46. The van der Waals surface area contributed by atoms with Crippen molar-refractivity contribution < 1.29 is 4.79 Å². The first-order valence-electron chi connectivity index (χ1n) is 3.48. The summed E-state index contributed by atoms with van der Waals surface area (Å²) in [5.74, 6) is -0.225. The lowest BCUT2D eigenvalue weighted by atomic mass is 10.3. The predicted molar refractivity (Wildman–Crippen MR) is 56.4 cm³/mol. The van der Waals surface area contributed by atoms with Crippen molar-refractivity contribution in [3.63, 3.8) is 0 Å². The summed E-state index contributed by atoms with van der Waals surface area (Å²) in [6, 6.07) is 6.91. The van der Waals surface area contributed by atoms with Gasteiger partial charge in [-0.15, -0.1) is 12.4 Å². The molecule has 0 heterocycles. The Morgan fingerprint density at radius 2 is 2.23 bits per heavy atom. The Balaban J connectivity index is 0.00000144. The lowest BCUT2D eigenvalue weighted by Crippen LogP contribution is -2.21. The van der Waals surface area contributed by atoms with Crippen LogP contribution >= 0.6 is 24.0 Å². The van der Waals surface area contributed by atoms with E-state index in [1.54, 1.807) is 24.3 Å². The molecule has 0 aliphatic rings. The van der Waals surface area contributed by atoms with Crippen molar-refractivity contribution in [3.8, 4) is 0 Å². The summed E-state index contributed by atoms with van der Waals surface area (Å²) in [4.78, 5) is 10.8. The number of nitrogens with one attached hydrogen (secondary N) is 1. The average molecular weight is 221 g/mol. The summed E-state index contributed by atoms with van der Waals surface area (Å²) in [5, 5.41) is 3.17. The molecule has 1 amide bonds. The number of carbonyl (C=O) groups is 1. The van der Waals surface area contributed by atoms with E-state index in [9.17, 15) is 4.79 Å². The molecule has 0 saturated carbocycles. The molecule has 0 atom stereocenters. The highest BCUT2D eigenvalue weighted by Crippen LogP contribution is 2.14. The summed E-state index contributed by atoms with van der Waals surface area (Å²) in [7, 11) is 0. The third-order valence-corrected chi connectivity index (χ3v) is 1.53. The number of carbonyl (C=O) groups excluding carboxylic acids is 1. The van der Waals surface area contributed by atoms with Crippen LogP contribution in [0.1, 0.15) is 0 Å². The lowest BCUT2D eigenvalue weighted by molar-refractivity contribution is -0.114. The van der Waals surface area contributed by atoms with Crippen LogP contribution in [0.5, 0.6) is 0 Å². The number of hydrogen-bond donors (Lipinski definition) is 2. The molecule has 1 aromatic carbocycles. The van der Waals surface area contributed by atoms with Gasteiger partial charge < -0.3 is 11.1 Å². The molecule has 0 saturated heterocycles. The first kappa shape index (κ1) is 12.2. The van der Waals surface area contributed by atoms with Gasteiger partial charge in [-0.25, -0.2) is 0 Å². The van der Waals surface area contributed by atoms with E-state index in [0.29, 0.717) is 10.7 Å². The van der Waals surface area contributed by atoms with E-state index >= 15 is 0 Å². The second kappa shape index (κ2) is 5.80. The molecule has 0 spiro atoms.